The molecule has 0 aliphatic heterocycles. The lowest BCUT2D eigenvalue weighted by Crippen LogP contribution is -2.12. The Hall–Kier alpha value is -4.04. The average Bonchev–Trinajstić information content (AvgIpc) is 2.77. The maximum absolute atomic E-state index is 11.3. The Morgan fingerprint density at radius 3 is 2.50 bits per heavy atom. The van der Waals surface area contributed by atoms with Gasteiger partial charge in [0.05, 0.1) is 7.11 Å². The van der Waals surface area contributed by atoms with Gasteiger partial charge in [0.1, 0.15) is 18.2 Å². The van der Waals surface area contributed by atoms with Crippen LogP contribution in [0.1, 0.15) is 16.7 Å². The van der Waals surface area contributed by atoms with Crippen LogP contribution < -0.4 is 15.2 Å². The van der Waals surface area contributed by atoms with E-state index in [0.717, 1.165) is 16.7 Å². The molecule has 5 heteroatoms. The third-order valence-electron chi connectivity index (χ3n) is 4.80. The molecule has 0 bridgehead atoms. The zero-order valence-electron chi connectivity index (χ0n) is 16.9. The number of benzene rings is 3. The van der Waals surface area contributed by atoms with Crippen LogP contribution in [0.3, 0.4) is 0 Å². The van der Waals surface area contributed by atoms with E-state index in [4.69, 9.17) is 20.5 Å². The van der Waals surface area contributed by atoms with Gasteiger partial charge in [0.25, 0.3) is 5.91 Å². The van der Waals surface area contributed by atoms with Gasteiger partial charge in [-0.25, -0.2) is 0 Å². The van der Waals surface area contributed by atoms with Crippen molar-refractivity contribution in [2.75, 3.05) is 7.11 Å². The van der Waals surface area contributed by atoms with Crippen LogP contribution in [-0.4, -0.2) is 13.0 Å². The monoisotopic (exact) mass is 398 g/mol. The number of methoxy groups -OCH3 is 1. The van der Waals surface area contributed by atoms with Gasteiger partial charge in [-0.15, -0.1) is 0 Å². The first kappa shape index (κ1) is 20.7. The molecule has 1 amide bonds. The van der Waals surface area contributed by atoms with Crippen molar-refractivity contribution in [1.29, 1.82) is 5.26 Å². The molecule has 0 aliphatic rings. The van der Waals surface area contributed by atoms with Crippen LogP contribution in [0.5, 0.6) is 11.5 Å². The zero-order chi connectivity index (χ0) is 21.5. The molecule has 0 aliphatic carbocycles. The maximum atomic E-state index is 11.3. The highest BCUT2D eigenvalue weighted by Gasteiger charge is 2.10. The SMILES string of the molecule is COc1cc(C=C(C#N)C(N)=O)ccc1OCc1cccc(-c2ccccc2)c1C. The van der Waals surface area contributed by atoms with Crippen LogP contribution >= 0.6 is 0 Å². The van der Waals surface area contributed by atoms with Crippen molar-refractivity contribution >= 4 is 12.0 Å². The van der Waals surface area contributed by atoms with E-state index in [9.17, 15) is 4.79 Å². The molecule has 0 aromatic heterocycles. The van der Waals surface area contributed by atoms with E-state index in [1.54, 1.807) is 24.3 Å². The van der Waals surface area contributed by atoms with Gasteiger partial charge in [0, 0.05) is 0 Å². The number of nitriles is 1. The molecule has 0 saturated carbocycles. The molecule has 0 saturated heterocycles. The zero-order valence-corrected chi connectivity index (χ0v) is 16.9. The number of carbonyl (C=O) groups excluding carboxylic acids is 1. The highest BCUT2D eigenvalue weighted by atomic mass is 16.5. The molecule has 30 heavy (non-hydrogen) atoms. The molecule has 2 N–H and O–H groups in total. The number of nitrogens with zero attached hydrogens (tertiary/aromatic N) is 1. The fraction of sp³-hybridized carbons (Fsp3) is 0.120. The number of primary amides is 1. The summed E-state index contributed by atoms with van der Waals surface area (Å²) in [6, 6.07) is 23.4. The molecule has 0 atom stereocenters. The second-order valence-corrected chi connectivity index (χ2v) is 6.69. The predicted molar refractivity (Wildman–Crippen MR) is 117 cm³/mol. The number of ether oxygens (including phenoxy) is 2. The smallest absolute Gasteiger partial charge is 0.259 e. The topological polar surface area (TPSA) is 85.3 Å². The van der Waals surface area contributed by atoms with Crippen LogP contribution in [0, 0.1) is 18.3 Å². The van der Waals surface area contributed by atoms with Gasteiger partial charge in [0.15, 0.2) is 11.5 Å². The first-order valence-corrected chi connectivity index (χ1v) is 9.40. The summed E-state index contributed by atoms with van der Waals surface area (Å²) in [7, 11) is 1.54. The molecule has 0 fully saturated rings. The minimum atomic E-state index is -0.773. The van der Waals surface area contributed by atoms with E-state index in [1.165, 1.54) is 18.7 Å². The third-order valence-corrected chi connectivity index (χ3v) is 4.80. The molecule has 3 rings (SSSR count). The van der Waals surface area contributed by atoms with Gasteiger partial charge in [-0.05, 0) is 52.9 Å². The minimum absolute atomic E-state index is 0.126. The Balaban J connectivity index is 1.83. The fourth-order valence-corrected chi connectivity index (χ4v) is 3.14. The number of hydrogen-bond donors (Lipinski definition) is 1. The summed E-state index contributed by atoms with van der Waals surface area (Å²) < 4.78 is 11.4. The molecule has 0 radical (unpaired) electrons. The highest BCUT2D eigenvalue weighted by Crippen LogP contribution is 2.31. The van der Waals surface area contributed by atoms with E-state index in [0.29, 0.717) is 23.7 Å². The van der Waals surface area contributed by atoms with Gasteiger partial charge in [-0.3, -0.25) is 4.79 Å². The van der Waals surface area contributed by atoms with Crippen LogP contribution in [0.15, 0.2) is 72.3 Å². The van der Waals surface area contributed by atoms with Crippen LogP contribution in [-0.2, 0) is 11.4 Å². The van der Waals surface area contributed by atoms with Crippen molar-refractivity contribution in [3.8, 4) is 28.7 Å². The first-order chi connectivity index (χ1) is 14.5. The summed E-state index contributed by atoms with van der Waals surface area (Å²) in [6.07, 6.45) is 1.42. The standard InChI is InChI=1S/C25H22N2O3/c1-17-20(9-6-10-22(17)19-7-4-3-5-8-19)16-30-23-12-11-18(14-24(23)29-2)13-21(15-26)25(27)28/h3-14H,16H2,1-2H3,(H2,27,28). The largest absolute Gasteiger partial charge is 0.493 e. The Labute approximate surface area is 176 Å². The summed E-state index contributed by atoms with van der Waals surface area (Å²) in [6.45, 7) is 2.46. The number of carbonyl (C=O) groups is 1. The van der Waals surface area contributed by atoms with Crippen LogP contribution in [0.2, 0.25) is 0 Å². The van der Waals surface area contributed by atoms with E-state index in [2.05, 4.69) is 25.1 Å². The first-order valence-electron chi connectivity index (χ1n) is 9.40. The van der Waals surface area contributed by atoms with Crippen molar-refractivity contribution in [3.05, 3.63) is 89.0 Å². The second-order valence-electron chi connectivity index (χ2n) is 6.69. The minimum Gasteiger partial charge on any atom is -0.493 e. The van der Waals surface area contributed by atoms with Crippen LogP contribution in [0.25, 0.3) is 17.2 Å². The van der Waals surface area contributed by atoms with Gasteiger partial charge < -0.3 is 15.2 Å². The van der Waals surface area contributed by atoms with Crippen molar-refractivity contribution in [3.63, 3.8) is 0 Å². The highest BCUT2D eigenvalue weighted by molar-refractivity contribution is 6.00. The van der Waals surface area contributed by atoms with Gasteiger partial charge in [-0.1, -0.05) is 54.6 Å². The average molecular weight is 398 g/mol. The quantitative estimate of drug-likeness (QED) is 0.464. The lowest BCUT2D eigenvalue weighted by atomic mass is 9.97. The van der Waals surface area contributed by atoms with Gasteiger partial charge >= 0.3 is 0 Å². The number of hydrogen-bond acceptors (Lipinski definition) is 4. The van der Waals surface area contributed by atoms with Crippen LogP contribution in [0.4, 0.5) is 0 Å². The summed E-state index contributed by atoms with van der Waals surface area (Å²) in [5.41, 5.74) is 10.2. The summed E-state index contributed by atoms with van der Waals surface area (Å²) in [4.78, 5) is 11.3. The van der Waals surface area contributed by atoms with E-state index >= 15 is 0 Å². The number of amides is 1. The Morgan fingerprint density at radius 1 is 1.07 bits per heavy atom. The Bertz CT molecular complexity index is 1130. The molecule has 5 nitrogen and oxygen atoms in total. The van der Waals surface area contributed by atoms with Crippen molar-refractivity contribution in [1.82, 2.24) is 0 Å². The Morgan fingerprint density at radius 2 is 1.83 bits per heavy atom. The lowest BCUT2D eigenvalue weighted by Gasteiger charge is -2.15. The molecular weight excluding hydrogens is 376 g/mol. The molecule has 3 aromatic carbocycles. The predicted octanol–water partition coefficient (Wildman–Crippen LogP) is 4.64. The number of rotatable bonds is 7. The second kappa shape index (κ2) is 9.44. The third kappa shape index (κ3) is 4.68. The normalized spacial score (nSPS) is 10.9. The lowest BCUT2D eigenvalue weighted by molar-refractivity contribution is -0.114. The maximum Gasteiger partial charge on any atom is 0.259 e. The summed E-state index contributed by atoms with van der Waals surface area (Å²) in [5.74, 6) is 0.296. The van der Waals surface area contributed by atoms with Gasteiger partial charge in [0.2, 0.25) is 0 Å². The fourth-order valence-electron chi connectivity index (χ4n) is 3.14. The Kier molecular flexibility index (Phi) is 6.51. The molecule has 3 aromatic rings. The van der Waals surface area contributed by atoms with E-state index in [-0.39, 0.29) is 5.57 Å². The molecular formula is C25H22N2O3. The van der Waals surface area contributed by atoms with Crippen molar-refractivity contribution in [2.45, 2.75) is 13.5 Å². The molecule has 0 unspecified atom stereocenters. The molecule has 0 heterocycles. The van der Waals surface area contributed by atoms with Crippen molar-refractivity contribution < 1.29 is 14.3 Å². The van der Waals surface area contributed by atoms with Crippen molar-refractivity contribution in [2.24, 2.45) is 5.73 Å². The summed E-state index contributed by atoms with van der Waals surface area (Å²) in [5, 5.41) is 9.00. The van der Waals surface area contributed by atoms with Gasteiger partial charge in [-0.2, -0.15) is 5.26 Å². The van der Waals surface area contributed by atoms with E-state index < -0.39 is 5.91 Å². The molecule has 150 valence electrons. The molecule has 0 spiro atoms. The van der Waals surface area contributed by atoms with E-state index in [1.807, 2.05) is 30.3 Å². The number of nitrogens with two attached hydrogens (primary N) is 1. The summed E-state index contributed by atoms with van der Waals surface area (Å²) >= 11 is 0.